The van der Waals surface area contributed by atoms with Gasteiger partial charge in [0, 0.05) is 6.07 Å². The van der Waals surface area contributed by atoms with E-state index in [1.54, 1.807) is 6.07 Å². The Morgan fingerprint density at radius 1 is 0.920 bits per heavy atom. The standard InChI is InChI=1S/C18H17FO6/c1-22-13-6-11(7-14(9-13)23-2)18(21)25-10-16(20)15-8-12(19)4-5-17(15)24-3/h4-9H,10H2,1-3H3. The Kier molecular flexibility index (Phi) is 5.94. The van der Waals surface area contributed by atoms with Gasteiger partial charge in [-0.05, 0) is 30.3 Å². The zero-order chi connectivity index (χ0) is 18.4. The van der Waals surface area contributed by atoms with Crippen molar-refractivity contribution in [1.29, 1.82) is 0 Å². The fraction of sp³-hybridized carbons (Fsp3) is 0.222. The van der Waals surface area contributed by atoms with Gasteiger partial charge in [-0.1, -0.05) is 0 Å². The van der Waals surface area contributed by atoms with Crippen LogP contribution in [0.25, 0.3) is 0 Å². The van der Waals surface area contributed by atoms with E-state index in [-0.39, 0.29) is 16.9 Å². The second-order valence-electron chi connectivity index (χ2n) is 4.95. The molecule has 6 nitrogen and oxygen atoms in total. The van der Waals surface area contributed by atoms with Crippen molar-refractivity contribution in [3.05, 3.63) is 53.3 Å². The summed E-state index contributed by atoms with van der Waals surface area (Å²) in [4.78, 5) is 24.3. The summed E-state index contributed by atoms with van der Waals surface area (Å²) >= 11 is 0. The second kappa shape index (κ2) is 8.14. The first-order chi connectivity index (χ1) is 12.0. The number of halogens is 1. The van der Waals surface area contributed by atoms with Gasteiger partial charge in [0.1, 0.15) is 23.1 Å². The summed E-state index contributed by atoms with van der Waals surface area (Å²) in [6, 6.07) is 8.04. The third-order valence-corrected chi connectivity index (χ3v) is 3.38. The molecule has 0 aliphatic rings. The number of ether oxygens (including phenoxy) is 4. The van der Waals surface area contributed by atoms with E-state index in [1.165, 1.54) is 45.6 Å². The number of Topliss-reactive ketones (excluding diaryl/α,β-unsaturated/α-hetero) is 1. The van der Waals surface area contributed by atoms with E-state index < -0.39 is 24.2 Å². The van der Waals surface area contributed by atoms with Gasteiger partial charge in [-0.3, -0.25) is 4.79 Å². The Hall–Kier alpha value is -3.09. The summed E-state index contributed by atoms with van der Waals surface area (Å²) in [7, 11) is 4.26. The van der Waals surface area contributed by atoms with Crippen LogP contribution in [0.15, 0.2) is 36.4 Å². The van der Waals surface area contributed by atoms with Crippen molar-refractivity contribution >= 4 is 11.8 Å². The van der Waals surface area contributed by atoms with Gasteiger partial charge in [-0.2, -0.15) is 0 Å². The van der Waals surface area contributed by atoms with Crippen LogP contribution < -0.4 is 14.2 Å². The molecule has 2 aromatic carbocycles. The first-order valence-corrected chi connectivity index (χ1v) is 7.25. The molecule has 0 aliphatic heterocycles. The molecule has 0 atom stereocenters. The van der Waals surface area contributed by atoms with Crippen LogP contribution in [0.3, 0.4) is 0 Å². The monoisotopic (exact) mass is 348 g/mol. The molecular formula is C18H17FO6. The van der Waals surface area contributed by atoms with Crippen LogP contribution in [0.1, 0.15) is 20.7 Å². The molecule has 0 N–H and O–H groups in total. The van der Waals surface area contributed by atoms with Crippen molar-refractivity contribution in [3.63, 3.8) is 0 Å². The minimum absolute atomic E-state index is 0.00137. The van der Waals surface area contributed by atoms with Crippen molar-refractivity contribution in [3.8, 4) is 17.2 Å². The van der Waals surface area contributed by atoms with Gasteiger partial charge in [0.05, 0.1) is 32.5 Å². The van der Waals surface area contributed by atoms with Gasteiger partial charge in [-0.25, -0.2) is 9.18 Å². The Labute approximate surface area is 144 Å². The fourth-order valence-corrected chi connectivity index (χ4v) is 2.12. The Balaban J connectivity index is 2.12. The van der Waals surface area contributed by atoms with Gasteiger partial charge >= 0.3 is 5.97 Å². The van der Waals surface area contributed by atoms with Crippen molar-refractivity contribution in [2.45, 2.75) is 0 Å². The van der Waals surface area contributed by atoms with E-state index in [9.17, 15) is 14.0 Å². The minimum Gasteiger partial charge on any atom is -0.497 e. The minimum atomic E-state index is -0.735. The van der Waals surface area contributed by atoms with E-state index in [2.05, 4.69) is 0 Å². The molecule has 0 heterocycles. The van der Waals surface area contributed by atoms with Crippen molar-refractivity contribution < 1.29 is 32.9 Å². The van der Waals surface area contributed by atoms with Gasteiger partial charge < -0.3 is 18.9 Å². The number of hydrogen-bond donors (Lipinski definition) is 0. The SMILES string of the molecule is COc1cc(OC)cc(C(=O)OCC(=O)c2cc(F)ccc2OC)c1. The molecule has 2 rings (SSSR count). The fourth-order valence-electron chi connectivity index (χ4n) is 2.12. The van der Waals surface area contributed by atoms with Crippen molar-refractivity contribution in [2.75, 3.05) is 27.9 Å². The normalized spacial score (nSPS) is 10.1. The summed E-state index contributed by atoms with van der Waals surface area (Å²) in [5, 5.41) is 0. The predicted octanol–water partition coefficient (Wildman–Crippen LogP) is 2.89. The number of ketones is 1. The summed E-state index contributed by atoms with van der Waals surface area (Å²) in [5.74, 6) is -0.896. The van der Waals surface area contributed by atoms with Crippen LogP contribution in [0.2, 0.25) is 0 Å². The maximum atomic E-state index is 13.3. The van der Waals surface area contributed by atoms with Crippen LogP contribution in [-0.4, -0.2) is 39.7 Å². The third kappa shape index (κ3) is 4.47. The second-order valence-corrected chi connectivity index (χ2v) is 4.95. The summed E-state index contributed by atoms with van der Waals surface area (Å²) in [6.45, 7) is -0.557. The lowest BCUT2D eigenvalue weighted by molar-refractivity contribution is 0.0473. The Morgan fingerprint density at radius 2 is 1.56 bits per heavy atom. The van der Waals surface area contributed by atoms with Gasteiger partial charge in [-0.15, -0.1) is 0 Å². The molecule has 0 amide bonds. The third-order valence-electron chi connectivity index (χ3n) is 3.38. The van der Waals surface area contributed by atoms with Crippen LogP contribution >= 0.6 is 0 Å². The largest absolute Gasteiger partial charge is 0.497 e. The highest BCUT2D eigenvalue weighted by molar-refractivity contribution is 6.01. The molecular weight excluding hydrogens is 331 g/mol. The first-order valence-electron chi connectivity index (χ1n) is 7.25. The van der Waals surface area contributed by atoms with Crippen LogP contribution in [0, 0.1) is 5.82 Å². The highest BCUT2D eigenvalue weighted by Gasteiger charge is 2.17. The number of esters is 1. The zero-order valence-corrected chi connectivity index (χ0v) is 14.0. The van der Waals surface area contributed by atoms with E-state index in [4.69, 9.17) is 18.9 Å². The summed E-state index contributed by atoms with van der Waals surface area (Å²) < 4.78 is 33.5. The van der Waals surface area contributed by atoms with Crippen molar-refractivity contribution in [2.24, 2.45) is 0 Å². The van der Waals surface area contributed by atoms with Crippen molar-refractivity contribution in [1.82, 2.24) is 0 Å². The highest BCUT2D eigenvalue weighted by Crippen LogP contribution is 2.23. The molecule has 2 aromatic rings. The van der Waals surface area contributed by atoms with Crippen LogP contribution in [0.5, 0.6) is 17.2 Å². The lowest BCUT2D eigenvalue weighted by Crippen LogP contribution is -2.15. The first kappa shape index (κ1) is 18.3. The molecule has 0 radical (unpaired) electrons. The van der Waals surface area contributed by atoms with E-state index in [0.29, 0.717) is 11.5 Å². The number of rotatable bonds is 7. The molecule has 132 valence electrons. The molecule has 0 saturated carbocycles. The molecule has 0 saturated heterocycles. The average Bonchev–Trinajstić information content (AvgIpc) is 2.65. The van der Waals surface area contributed by atoms with Gasteiger partial charge in [0.2, 0.25) is 5.78 Å². The number of benzene rings is 2. The summed E-state index contributed by atoms with van der Waals surface area (Å²) in [6.07, 6.45) is 0. The number of carbonyl (C=O) groups is 2. The summed E-state index contributed by atoms with van der Waals surface area (Å²) in [5.41, 5.74) is 0.161. The smallest absolute Gasteiger partial charge is 0.338 e. The Morgan fingerprint density at radius 3 is 2.12 bits per heavy atom. The van der Waals surface area contributed by atoms with E-state index in [1.807, 2.05) is 0 Å². The topological polar surface area (TPSA) is 71.1 Å². The number of methoxy groups -OCH3 is 3. The molecule has 0 fully saturated rings. The molecule has 25 heavy (non-hydrogen) atoms. The lowest BCUT2D eigenvalue weighted by atomic mass is 10.1. The highest BCUT2D eigenvalue weighted by atomic mass is 19.1. The molecule has 0 aliphatic carbocycles. The van der Waals surface area contributed by atoms with E-state index in [0.717, 1.165) is 6.07 Å². The lowest BCUT2D eigenvalue weighted by Gasteiger charge is -2.10. The van der Waals surface area contributed by atoms with Crippen LogP contribution in [0.4, 0.5) is 4.39 Å². The molecule has 7 heteroatoms. The van der Waals surface area contributed by atoms with Crippen LogP contribution in [-0.2, 0) is 4.74 Å². The maximum Gasteiger partial charge on any atom is 0.338 e. The van der Waals surface area contributed by atoms with E-state index >= 15 is 0 Å². The number of hydrogen-bond acceptors (Lipinski definition) is 6. The molecule has 0 spiro atoms. The zero-order valence-electron chi connectivity index (χ0n) is 14.0. The molecule has 0 bridgehead atoms. The molecule has 0 unspecified atom stereocenters. The number of carbonyl (C=O) groups excluding carboxylic acids is 2. The quantitative estimate of drug-likeness (QED) is 0.566. The molecule has 0 aromatic heterocycles. The predicted molar refractivity (Wildman–Crippen MR) is 87.1 cm³/mol. The average molecular weight is 348 g/mol. The van der Waals surface area contributed by atoms with Gasteiger partial charge in [0.15, 0.2) is 6.61 Å². The van der Waals surface area contributed by atoms with Gasteiger partial charge in [0.25, 0.3) is 0 Å². The Bertz CT molecular complexity index is 765. The maximum absolute atomic E-state index is 13.3.